The van der Waals surface area contributed by atoms with E-state index in [1.807, 2.05) is 6.08 Å². The Kier molecular flexibility index (Phi) is 8.65. The maximum absolute atomic E-state index is 10.9. The van der Waals surface area contributed by atoms with Crippen LogP contribution in [-0.4, -0.2) is 61.1 Å². The molecule has 0 saturated carbocycles. The van der Waals surface area contributed by atoms with Crippen molar-refractivity contribution < 1.29 is 9.66 Å². The van der Waals surface area contributed by atoms with Crippen molar-refractivity contribution in [1.29, 1.82) is 0 Å². The fraction of sp³-hybridized carbons (Fsp3) is 0.750. The second-order valence-corrected chi connectivity index (χ2v) is 5.97. The number of nitrogens with zero attached hydrogens (tertiary/aromatic N) is 3. The Bertz CT molecular complexity index is 429. The second kappa shape index (κ2) is 10.2. The van der Waals surface area contributed by atoms with Gasteiger partial charge in [-0.1, -0.05) is 19.4 Å². The summed E-state index contributed by atoms with van der Waals surface area (Å²) in [6.45, 7) is 6.61. The van der Waals surface area contributed by atoms with Crippen LogP contribution in [0.3, 0.4) is 0 Å². The minimum Gasteiger partial charge on any atom is -0.478 e. The number of hydrogen-bond donors (Lipinski definition) is 1. The van der Waals surface area contributed by atoms with Gasteiger partial charge in [0.2, 0.25) is 0 Å². The van der Waals surface area contributed by atoms with Gasteiger partial charge in [0.05, 0.1) is 12.0 Å². The zero-order valence-corrected chi connectivity index (χ0v) is 14.5. The quantitative estimate of drug-likeness (QED) is 0.301. The summed E-state index contributed by atoms with van der Waals surface area (Å²) in [5.41, 5.74) is 5.31. The second-order valence-electron chi connectivity index (χ2n) is 5.97. The summed E-state index contributed by atoms with van der Waals surface area (Å²) in [7, 11) is 3.48. The fourth-order valence-electron chi connectivity index (χ4n) is 2.85. The number of likely N-dealkylation sites (N-methyl/N-ethyl adjacent to an activating group) is 1. The molecule has 0 aliphatic carbocycles. The molecule has 7 heteroatoms. The molecule has 0 radical (unpaired) electrons. The van der Waals surface area contributed by atoms with Gasteiger partial charge in [-0.15, -0.1) is 0 Å². The molecule has 1 heterocycles. The summed E-state index contributed by atoms with van der Waals surface area (Å²) in [5.74, 6) is -0.157. The molecular formula is C16H30N4O3. The fourth-order valence-corrected chi connectivity index (χ4v) is 2.85. The highest BCUT2D eigenvalue weighted by atomic mass is 16.6. The number of ether oxygens (including phenoxy) is 1. The van der Waals surface area contributed by atoms with Crippen molar-refractivity contribution in [3.05, 3.63) is 33.8 Å². The molecule has 132 valence electrons. The van der Waals surface area contributed by atoms with Crippen molar-refractivity contribution in [3.8, 4) is 0 Å². The largest absolute Gasteiger partial charge is 0.478 e. The normalized spacial score (nSPS) is 19.6. The summed E-state index contributed by atoms with van der Waals surface area (Å²) in [6, 6.07) is 0.543. The minimum atomic E-state index is -0.515. The molecule has 0 bridgehead atoms. The van der Waals surface area contributed by atoms with Crippen LogP contribution in [0.5, 0.6) is 0 Å². The topological polar surface area (TPSA) is 84.9 Å². The van der Waals surface area contributed by atoms with Crippen LogP contribution in [0.15, 0.2) is 23.7 Å². The highest BCUT2D eigenvalue weighted by molar-refractivity contribution is 5.13. The van der Waals surface area contributed by atoms with E-state index in [1.165, 1.54) is 13.2 Å². The predicted octanol–water partition coefficient (Wildman–Crippen LogP) is 1.79. The van der Waals surface area contributed by atoms with Gasteiger partial charge in [0.1, 0.15) is 0 Å². The lowest BCUT2D eigenvalue weighted by molar-refractivity contribution is -0.422. The Morgan fingerprint density at radius 1 is 1.35 bits per heavy atom. The molecule has 2 N–H and O–H groups in total. The van der Waals surface area contributed by atoms with E-state index in [0.29, 0.717) is 6.04 Å². The van der Waals surface area contributed by atoms with E-state index in [9.17, 15) is 10.1 Å². The first kappa shape index (κ1) is 19.4. The van der Waals surface area contributed by atoms with E-state index in [2.05, 4.69) is 23.8 Å². The maximum atomic E-state index is 10.9. The lowest BCUT2D eigenvalue weighted by Gasteiger charge is -2.38. The number of allylic oxidation sites excluding steroid dienone is 2. The molecule has 0 aromatic carbocycles. The Morgan fingerprint density at radius 2 is 2.00 bits per heavy atom. The Morgan fingerprint density at radius 3 is 2.52 bits per heavy atom. The van der Waals surface area contributed by atoms with Crippen LogP contribution < -0.4 is 5.73 Å². The van der Waals surface area contributed by atoms with E-state index >= 15 is 0 Å². The number of nitrogens with two attached hydrogens (primary N) is 1. The third kappa shape index (κ3) is 6.58. The van der Waals surface area contributed by atoms with Crippen molar-refractivity contribution in [1.82, 2.24) is 9.80 Å². The molecule has 1 fully saturated rings. The van der Waals surface area contributed by atoms with Crippen molar-refractivity contribution in [3.63, 3.8) is 0 Å². The van der Waals surface area contributed by atoms with E-state index in [-0.39, 0.29) is 11.6 Å². The van der Waals surface area contributed by atoms with Crippen LogP contribution in [0, 0.1) is 10.1 Å². The lowest BCUT2D eigenvalue weighted by Crippen LogP contribution is -2.48. The van der Waals surface area contributed by atoms with Crippen LogP contribution >= 0.6 is 0 Å². The number of rotatable bonds is 9. The molecule has 0 spiro atoms. The Hall–Kier alpha value is -1.60. The van der Waals surface area contributed by atoms with E-state index in [0.717, 1.165) is 51.9 Å². The predicted molar refractivity (Wildman–Crippen MR) is 91.4 cm³/mol. The van der Waals surface area contributed by atoms with Crippen molar-refractivity contribution in [2.75, 3.05) is 40.3 Å². The molecular weight excluding hydrogens is 296 g/mol. The summed E-state index contributed by atoms with van der Waals surface area (Å²) in [6.07, 6.45) is 7.39. The number of methoxy groups -OCH3 is 1. The molecule has 0 amide bonds. The van der Waals surface area contributed by atoms with E-state index < -0.39 is 4.92 Å². The van der Waals surface area contributed by atoms with Gasteiger partial charge in [-0.3, -0.25) is 15.0 Å². The molecule has 1 rings (SSSR count). The van der Waals surface area contributed by atoms with Gasteiger partial charge in [-0.05, 0) is 26.3 Å². The monoisotopic (exact) mass is 326 g/mol. The average Bonchev–Trinajstić information content (AvgIpc) is 2.53. The number of nitro groups is 1. The molecule has 1 atom stereocenters. The summed E-state index contributed by atoms with van der Waals surface area (Å²) >= 11 is 0. The molecule has 23 heavy (non-hydrogen) atoms. The minimum absolute atomic E-state index is 0.157. The zero-order chi connectivity index (χ0) is 17.2. The Balaban J connectivity index is 2.55. The summed E-state index contributed by atoms with van der Waals surface area (Å²) in [5, 5.41) is 10.9. The van der Waals surface area contributed by atoms with Crippen molar-refractivity contribution in [2.45, 2.75) is 38.6 Å². The first-order valence-corrected chi connectivity index (χ1v) is 8.26. The van der Waals surface area contributed by atoms with Crippen molar-refractivity contribution >= 4 is 0 Å². The average molecular weight is 326 g/mol. The van der Waals surface area contributed by atoms with E-state index in [1.54, 1.807) is 0 Å². The first-order chi connectivity index (χ1) is 11.0. The van der Waals surface area contributed by atoms with Crippen LogP contribution in [0.25, 0.3) is 0 Å². The molecule has 0 aromatic heterocycles. The third-order valence-electron chi connectivity index (χ3n) is 4.29. The molecule has 1 saturated heterocycles. The van der Waals surface area contributed by atoms with Crippen LogP contribution in [0.4, 0.5) is 0 Å². The maximum Gasteiger partial charge on any atom is 0.327 e. The highest BCUT2D eigenvalue weighted by Crippen LogP contribution is 2.16. The van der Waals surface area contributed by atoms with Crippen LogP contribution in [0.1, 0.15) is 32.6 Å². The number of piperazine rings is 1. The lowest BCUT2D eigenvalue weighted by atomic mass is 10.0. The summed E-state index contributed by atoms with van der Waals surface area (Å²) < 4.78 is 4.75. The molecule has 7 nitrogen and oxygen atoms in total. The first-order valence-electron chi connectivity index (χ1n) is 8.26. The third-order valence-corrected chi connectivity index (χ3v) is 4.29. The molecule has 0 aromatic rings. The smallest absolute Gasteiger partial charge is 0.327 e. The summed E-state index contributed by atoms with van der Waals surface area (Å²) in [4.78, 5) is 15.3. The zero-order valence-electron chi connectivity index (χ0n) is 14.5. The van der Waals surface area contributed by atoms with Gasteiger partial charge in [0.15, 0.2) is 0 Å². The van der Waals surface area contributed by atoms with Gasteiger partial charge < -0.3 is 15.4 Å². The number of hydrogen-bond acceptors (Lipinski definition) is 6. The van der Waals surface area contributed by atoms with Gasteiger partial charge in [0, 0.05) is 38.3 Å². The SMILES string of the molecule is CCCC(CC/C=C\C(=C(/N)OC)[N+](=O)[O-])N1CCN(C)CC1. The van der Waals surface area contributed by atoms with Gasteiger partial charge in [-0.25, -0.2) is 0 Å². The molecule has 1 aliphatic heterocycles. The highest BCUT2D eigenvalue weighted by Gasteiger charge is 2.21. The van der Waals surface area contributed by atoms with Crippen LogP contribution in [0.2, 0.25) is 0 Å². The van der Waals surface area contributed by atoms with Gasteiger partial charge in [-0.2, -0.15) is 0 Å². The van der Waals surface area contributed by atoms with Crippen LogP contribution in [-0.2, 0) is 4.74 Å². The molecule has 1 unspecified atom stereocenters. The standard InChI is InChI=1S/C16H30N4O3/c1-4-7-14(19-12-10-18(2)11-13-19)8-5-6-9-15(20(21)22)16(17)23-3/h6,9,14H,4-5,7-8,10-13,17H2,1-3H3/b9-6-,16-15-. The van der Waals surface area contributed by atoms with Gasteiger partial charge >= 0.3 is 5.70 Å². The van der Waals surface area contributed by atoms with Crippen molar-refractivity contribution in [2.24, 2.45) is 5.73 Å². The van der Waals surface area contributed by atoms with E-state index in [4.69, 9.17) is 10.5 Å². The molecule has 1 aliphatic rings. The van der Waals surface area contributed by atoms with Gasteiger partial charge in [0.25, 0.3) is 5.88 Å². The Labute approximate surface area is 138 Å².